The van der Waals surface area contributed by atoms with Gasteiger partial charge in [-0.3, -0.25) is 0 Å². The molecule has 2 heteroatoms. The smallest absolute Gasteiger partial charge is 0.0413 e. The number of anilines is 2. The fourth-order valence-electron chi connectivity index (χ4n) is 3.60. The van der Waals surface area contributed by atoms with Crippen LogP contribution in [0.25, 0.3) is 0 Å². The molecule has 0 bridgehead atoms. The second-order valence-electron chi connectivity index (χ2n) is 7.04. The maximum atomic E-state index is 3.64. The number of benzene rings is 2. The molecule has 2 aromatic carbocycles. The van der Waals surface area contributed by atoms with E-state index < -0.39 is 0 Å². The van der Waals surface area contributed by atoms with Gasteiger partial charge >= 0.3 is 0 Å². The fourth-order valence-corrected chi connectivity index (χ4v) is 3.60. The number of fused-ring (bicyclic) bond motifs is 1. The third kappa shape index (κ3) is 2.95. The van der Waals surface area contributed by atoms with Gasteiger partial charge in [0.2, 0.25) is 0 Å². The molecule has 2 atom stereocenters. The van der Waals surface area contributed by atoms with Crippen LogP contribution in [0.4, 0.5) is 11.4 Å². The van der Waals surface area contributed by atoms with Crippen LogP contribution in [0.3, 0.4) is 0 Å². The molecule has 0 saturated carbocycles. The van der Waals surface area contributed by atoms with E-state index in [2.05, 4.69) is 80.8 Å². The third-order valence-corrected chi connectivity index (χ3v) is 5.29. The van der Waals surface area contributed by atoms with Gasteiger partial charge in [0.1, 0.15) is 0 Å². The minimum atomic E-state index is 0.0692. The quantitative estimate of drug-likeness (QED) is 0.798. The second-order valence-corrected chi connectivity index (χ2v) is 7.04. The molecule has 0 aliphatic carbocycles. The summed E-state index contributed by atoms with van der Waals surface area (Å²) in [7, 11) is 0. The van der Waals surface area contributed by atoms with Crippen molar-refractivity contribution >= 4 is 11.4 Å². The summed E-state index contributed by atoms with van der Waals surface area (Å²) in [5.41, 5.74) is 6.78. The Morgan fingerprint density at radius 3 is 2.65 bits per heavy atom. The Hall–Kier alpha value is -1.96. The summed E-state index contributed by atoms with van der Waals surface area (Å²) < 4.78 is 0. The van der Waals surface area contributed by atoms with E-state index in [0.717, 1.165) is 19.4 Å². The minimum Gasteiger partial charge on any atom is -0.385 e. The maximum absolute atomic E-state index is 3.64. The average Bonchev–Trinajstić information content (AvgIpc) is 2.56. The molecular weight excluding hydrogens is 280 g/mol. The van der Waals surface area contributed by atoms with E-state index in [-0.39, 0.29) is 5.41 Å². The van der Waals surface area contributed by atoms with Gasteiger partial charge in [-0.15, -0.1) is 0 Å². The lowest BCUT2D eigenvalue weighted by Crippen LogP contribution is -2.33. The predicted octanol–water partition coefficient (Wildman–Crippen LogP) is 5.33. The molecule has 3 rings (SSSR count). The first-order chi connectivity index (χ1) is 11.0. The van der Waals surface area contributed by atoms with Gasteiger partial charge in [0.05, 0.1) is 0 Å². The molecule has 2 aromatic rings. The van der Waals surface area contributed by atoms with Crippen molar-refractivity contribution < 1.29 is 0 Å². The van der Waals surface area contributed by atoms with Gasteiger partial charge in [-0.25, -0.2) is 0 Å². The lowest BCUT2D eigenvalue weighted by molar-refractivity contribution is 0.521. The van der Waals surface area contributed by atoms with Crippen LogP contribution in [-0.2, 0) is 5.41 Å². The van der Waals surface area contributed by atoms with Crippen LogP contribution < -0.4 is 10.6 Å². The van der Waals surface area contributed by atoms with Crippen molar-refractivity contribution in [3.05, 3.63) is 59.2 Å². The molecular formula is C21H28N2. The Kier molecular flexibility index (Phi) is 4.34. The Morgan fingerprint density at radius 2 is 1.96 bits per heavy atom. The summed E-state index contributed by atoms with van der Waals surface area (Å²) in [4.78, 5) is 0. The highest BCUT2D eigenvalue weighted by Gasteiger charge is 2.34. The average molecular weight is 308 g/mol. The van der Waals surface area contributed by atoms with Gasteiger partial charge in [0, 0.05) is 29.4 Å². The van der Waals surface area contributed by atoms with Gasteiger partial charge in [-0.1, -0.05) is 44.2 Å². The van der Waals surface area contributed by atoms with Gasteiger partial charge < -0.3 is 10.6 Å². The molecule has 2 unspecified atom stereocenters. The van der Waals surface area contributed by atoms with Crippen LogP contribution in [0, 0.1) is 6.92 Å². The van der Waals surface area contributed by atoms with Crippen molar-refractivity contribution in [2.75, 3.05) is 17.2 Å². The van der Waals surface area contributed by atoms with E-state index in [1.54, 1.807) is 0 Å². The van der Waals surface area contributed by atoms with E-state index in [9.17, 15) is 0 Å². The number of rotatable bonds is 4. The topological polar surface area (TPSA) is 24.1 Å². The SMILES string of the molecule is CCC(C)Nc1cc(C)c2c(c1)C(C)(c1ccccc1)CCN2. The van der Waals surface area contributed by atoms with E-state index in [1.807, 2.05) is 0 Å². The maximum Gasteiger partial charge on any atom is 0.0413 e. The molecule has 0 aromatic heterocycles. The second kappa shape index (κ2) is 6.27. The number of hydrogen-bond acceptors (Lipinski definition) is 2. The normalized spacial score (nSPS) is 21.2. The number of nitrogens with one attached hydrogen (secondary N) is 2. The first-order valence-corrected chi connectivity index (χ1v) is 8.75. The van der Waals surface area contributed by atoms with Gasteiger partial charge in [-0.05, 0) is 55.5 Å². The van der Waals surface area contributed by atoms with Crippen molar-refractivity contribution in [3.8, 4) is 0 Å². The van der Waals surface area contributed by atoms with E-state index in [0.29, 0.717) is 6.04 Å². The largest absolute Gasteiger partial charge is 0.385 e. The molecule has 23 heavy (non-hydrogen) atoms. The van der Waals surface area contributed by atoms with E-state index in [4.69, 9.17) is 0 Å². The molecule has 0 saturated heterocycles. The fraction of sp³-hybridized carbons (Fsp3) is 0.429. The molecule has 2 N–H and O–H groups in total. The van der Waals surface area contributed by atoms with Gasteiger partial charge in [-0.2, -0.15) is 0 Å². The van der Waals surface area contributed by atoms with Crippen molar-refractivity contribution in [1.82, 2.24) is 0 Å². The Balaban J connectivity index is 2.09. The molecule has 0 fully saturated rings. The van der Waals surface area contributed by atoms with Gasteiger partial charge in [0.15, 0.2) is 0 Å². The predicted molar refractivity (Wildman–Crippen MR) is 101 cm³/mol. The van der Waals surface area contributed by atoms with Crippen molar-refractivity contribution in [3.63, 3.8) is 0 Å². The van der Waals surface area contributed by atoms with Crippen LogP contribution in [0.15, 0.2) is 42.5 Å². The summed E-state index contributed by atoms with van der Waals surface area (Å²) >= 11 is 0. The van der Waals surface area contributed by atoms with Gasteiger partial charge in [0.25, 0.3) is 0 Å². The first kappa shape index (κ1) is 15.9. The zero-order chi connectivity index (χ0) is 16.4. The monoisotopic (exact) mass is 308 g/mol. The molecule has 2 nitrogen and oxygen atoms in total. The Morgan fingerprint density at radius 1 is 1.22 bits per heavy atom. The highest BCUT2D eigenvalue weighted by molar-refractivity contribution is 5.70. The van der Waals surface area contributed by atoms with Crippen LogP contribution in [0.1, 0.15) is 50.3 Å². The molecule has 0 radical (unpaired) electrons. The molecule has 1 heterocycles. The summed E-state index contributed by atoms with van der Waals surface area (Å²) in [5, 5.41) is 7.27. The van der Waals surface area contributed by atoms with Crippen LogP contribution in [0.2, 0.25) is 0 Å². The molecule has 1 aliphatic heterocycles. The lowest BCUT2D eigenvalue weighted by atomic mass is 9.70. The highest BCUT2D eigenvalue weighted by Crippen LogP contribution is 2.44. The summed E-state index contributed by atoms with van der Waals surface area (Å²) in [6, 6.07) is 16.0. The number of aryl methyl sites for hydroxylation is 1. The van der Waals surface area contributed by atoms with Crippen molar-refractivity contribution in [2.45, 2.75) is 52.0 Å². The van der Waals surface area contributed by atoms with Crippen LogP contribution in [-0.4, -0.2) is 12.6 Å². The molecule has 0 spiro atoms. The summed E-state index contributed by atoms with van der Waals surface area (Å²) in [6.45, 7) is 10.1. The molecule has 0 amide bonds. The van der Waals surface area contributed by atoms with Crippen molar-refractivity contribution in [1.29, 1.82) is 0 Å². The van der Waals surface area contributed by atoms with Crippen LogP contribution >= 0.6 is 0 Å². The third-order valence-electron chi connectivity index (χ3n) is 5.29. The highest BCUT2D eigenvalue weighted by atomic mass is 14.9. The van der Waals surface area contributed by atoms with E-state index in [1.165, 1.54) is 28.1 Å². The minimum absolute atomic E-state index is 0.0692. The first-order valence-electron chi connectivity index (χ1n) is 8.75. The summed E-state index contributed by atoms with van der Waals surface area (Å²) in [5.74, 6) is 0. The molecule has 1 aliphatic rings. The summed E-state index contributed by atoms with van der Waals surface area (Å²) in [6.07, 6.45) is 2.25. The molecule has 122 valence electrons. The Labute approximate surface area is 140 Å². The van der Waals surface area contributed by atoms with Crippen molar-refractivity contribution in [2.24, 2.45) is 0 Å². The standard InChI is InChI=1S/C21H28N2/c1-5-16(3)23-18-13-15(2)20-19(14-18)21(4,11-12-22-20)17-9-7-6-8-10-17/h6-10,13-14,16,22-23H,5,11-12H2,1-4H3. The zero-order valence-electron chi connectivity index (χ0n) is 14.7. The zero-order valence-corrected chi connectivity index (χ0v) is 14.7. The Bertz CT molecular complexity index is 678. The van der Waals surface area contributed by atoms with E-state index >= 15 is 0 Å². The van der Waals surface area contributed by atoms with Crippen LogP contribution in [0.5, 0.6) is 0 Å². The number of hydrogen-bond donors (Lipinski definition) is 2. The lowest BCUT2D eigenvalue weighted by Gasteiger charge is -2.38.